The summed E-state index contributed by atoms with van der Waals surface area (Å²) in [5.41, 5.74) is 4.27. The molecule has 0 saturated heterocycles. The van der Waals surface area contributed by atoms with Crippen LogP contribution in [-0.4, -0.2) is 6.10 Å². The molecule has 0 heterocycles. The molecule has 3 rings (SSSR count). The maximum atomic E-state index is 5.67. The van der Waals surface area contributed by atoms with Crippen LogP contribution >= 0.6 is 0 Å². The molecule has 21 heavy (non-hydrogen) atoms. The third kappa shape index (κ3) is 3.45. The third-order valence-corrected chi connectivity index (χ3v) is 3.98. The molecular weight excluding hydrogens is 258 g/mol. The van der Waals surface area contributed by atoms with E-state index >= 15 is 0 Å². The average Bonchev–Trinajstić information content (AvgIpc) is 2.89. The van der Waals surface area contributed by atoms with Gasteiger partial charge in [0.25, 0.3) is 0 Å². The summed E-state index contributed by atoms with van der Waals surface area (Å²) >= 11 is 0. The van der Waals surface area contributed by atoms with E-state index in [1.54, 1.807) is 0 Å². The Labute approximate surface area is 127 Å². The van der Waals surface area contributed by atoms with Gasteiger partial charge < -0.3 is 10.1 Å². The van der Waals surface area contributed by atoms with Gasteiger partial charge in [-0.3, -0.25) is 0 Å². The van der Waals surface area contributed by atoms with Crippen molar-refractivity contribution in [2.45, 2.75) is 45.4 Å². The number of aryl methyl sites for hydroxylation is 1. The van der Waals surface area contributed by atoms with Crippen molar-refractivity contribution in [1.82, 2.24) is 5.32 Å². The Morgan fingerprint density at radius 2 is 1.86 bits per heavy atom. The van der Waals surface area contributed by atoms with Crippen LogP contribution in [0.25, 0.3) is 0 Å². The maximum Gasteiger partial charge on any atom is 0.119 e. The molecule has 1 aliphatic rings. The van der Waals surface area contributed by atoms with Crippen LogP contribution in [-0.2, 0) is 13.0 Å². The number of rotatable bonds is 5. The van der Waals surface area contributed by atoms with Crippen molar-refractivity contribution < 1.29 is 4.74 Å². The molecule has 0 aliphatic heterocycles. The van der Waals surface area contributed by atoms with Crippen molar-refractivity contribution in [3.05, 3.63) is 65.2 Å². The molecule has 2 aromatic carbocycles. The fourth-order valence-electron chi connectivity index (χ4n) is 2.97. The van der Waals surface area contributed by atoms with Crippen molar-refractivity contribution in [1.29, 1.82) is 0 Å². The zero-order valence-electron chi connectivity index (χ0n) is 12.8. The van der Waals surface area contributed by atoms with Crippen molar-refractivity contribution >= 4 is 0 Å². The quantitative estimate of drug-likeness (QED) is 0.884. The van der Waals surface area contributed by atoms with E-state index in [-0.39, 0.29) is 6.10 Å². The van der Waals surface area contributed by atoms with Gasteiger partial charge in [-0.05, 0) is 55.5 Å². The fraction of sp³-hybridized carbons (Fsp3) is 0.368. The van der Waals surface area contributed by atoms with E-state index in [4.69, 9.17) is 4.74 Å². The minimum absolute atomic E-state index is 0.226. The molecule has 1 atom stereocenters. The van der Waals surface area contributed by atoms with Gasteiger partial charge >= 0.3 is 0 Å². The fourth-order valence-corrected chi connectivity index (χ4v) is 2.97. The molecule has 0 spiro atoms. The Hall–Kier alpha value is -1.80. The third-order valence-electron chi connectivity index (χ3n) is 3.98. The smallest absolute Gasteiger partial charge is 0.119 e. The van der Waals surface area contributed by atoms with E-state index in [0.717, 1.165) is 12.3 Å². The first-order chi connectivity index (χ1) is 10.2. The summed E-state index contributed by atoms with van der Waals surface area (Å²) in [7, 11) is 0. The van der Waals surface area contributed by atoms with Crippen LogP contribution in [0.5, 0.6) is 5.75 Å². The van der Waals surface area contributed by atoms with Gasteiger partial charge in [0.05, 0.1) is 6.10 Å². The molecule has 0 bridgehead atoms. The van der Waals surface area contributed by atoms with Crippen LogP contribution in [0.1, 0.15) is 43.0 Å². The Balaban J connectivity index is 1.59. The molecule has 0 saturated carbocycles. The van der Waals surface area contributed by atoms with Crippen molar-refractivity contribution in [2.24, 2.45) is 0 Å². The highest BCUT2D eigenvalue weighted by molar-refractivity contribution is 5.34. The molecule has 2 aromatic rings. The second-order valence-electron chi connectivity index (χ2n) is 5.98. The summed E-state index contributed by atoms with van der Waals surface area (Å²) in [6.45, 7) is 5.00. The van der Waals surface area contributed by atoms with Crippen LogP contribution < -0.4 is 10.1 Å². The minimum Gasteiger partial charge on any atom is -0.491 e. The molecule has 1 aliphatic carbocycles. The second-order valence-corrected chi connectivity index (χ2v) is 5.98. The van der Waals surface area contributed by atoms with Gasteiger partial charge in [0.2, 0.25) is 0 Å². The first-order valence-corrected chi connectivity index (χ1v) is 7.79. The molecule has 0 radical (unpaired) electrons. The summed E-state index contributed by atoms with van der Waals surface area (Å²) in [4.78, 5) is 0. The Morgan fingerprint density at radius 1 is 1.10 bits per heavy atom. The van der Waals surface area contributed by atoms with Crippen LogP contribution in [0.4, 0.5) is 0 Å². The van der Waals surface area contributed by atoms with E-state index in [1.807, 2.05) is 13.8 Å². The topological polar surface area (TPSA) is 21.3 Å². The largest absolute Gasteiger partial charge is 0.491 e. The zero-order chi connectivity index (χ0) is 14.7. The van der Waals surface area contributed by atoms with Crippen LogP contribution in [0.2, 0.25) is 0 Å². The number of fused-ring (bicyclic) bond motifs is 1. The number of hydrogen-bond donors (Lipinski definition) is 1. The Kier molecular flexibility index (Phi) is 4.26. The van der Waals surface area contributed by atoms with Gasteiger partial charge in [0.15, 0.2) is 0 Å². The zero-order valence-corrected chi connectivity index (χ0v) is 12.8. The first-order valence-electron chi connectivity index (χ1n) is 7.79. The summed E-state index contributed by atoms with van der Waals surface area (Å²) in [5, 5.41) is 3.67. The Morgan fingerprint density at radius 3 is 2.62 bits per heavy atom. The monoisotopic (exact) mass is 281 g/mol. The number of benzene rings is 2. The summed E-state index contributed by atoms with van der Waals surface area (Å²) in [6.07, 6.45) is 2.62. The highest BCUT2D eigenvalue weighted by atomic mass is 16.5. The maximum absolute atomic E-state index is 5.67. The number of ether oxygens (including phenoxy) is 1. The van der Waals surface area contributed by atoms with Gasteiger partial charge in [0.1, 0.15) is 5.75 Å². The lowest BCUT2D eigenvalue weighted by atomic mass is 10.1. The molecule has 110 valence electrons. The average molecular weight is 281 g/mol. The molecule has 2 nitrogen and oxygen atoms in total. The molecule has 0 fully saturated rings. The number of hydrogen-bond acceptors (Lipinski definition) is 2. The van der Waals surface area contributed by atoms with E-state index in [0.29, 0.717) is 6.04 Å². The minimum atomic E-state index is 0.226. The lowest BCUT2D eigenvalue weighted by Gasteiger charge is -2.15. The summed E-state index contributed by atoms with van der Waals surface area (Å²) in [6, 6.07) is 17.7. The SMILES string of the molecule is CC(C)Oc1ccc(CNC2CCc3ccccc32)cc1. The van der Waals surface area contributed by atoms with Gasteiger partial charge in [-0.1, -0.05) is 36.4 Å². The van der Waals surface area contributed by atoms with Crippen LogP contribution in [0, 0.1) is 0 Å². The second kappa shape index (κ2) is 6.31. The van der Waals surface area contributed by atoms with E-state index < -0.39 is 0 Å². The standard InChI is InChI=1S/C19H23NO/c1-14(2)21-17-10-7-15(8-11-17)13-20-19-12-9-16-5-3-4-6-18(16)19/h3-8,10-11,14,19-20H,9,12-13H2,1-2H3. The van der Waals surface area contributed by atoms with Gasteiger partial charge in [-0.15, -0.1) is 0 Å². The van der Waals surface area contributed by atoms with E-state index in [1.165, 1.54) is 29.5 Å². The van der Waals surface area contributed by atoms with E-state index in [2.05, 4.69) is 53.8 Å². The predicted molar refractivity (Wildman–Crippen MR) is 86.5 cm³/mol. The van der Waals surface area contributed by atoms with Crippen LogP contribution in [0.3, 0.4) is 0 Å². The summed E-state index contributed by atoms with van der Waals surface area (Å²) in [5.74, 6) is 0.944. The molecule has 1 unspecified atom stereocenters. The lowest BCUT2D eigenvalue weighted by Crippen LogP contribution is -2.18. The normalized spacial score (nSPS) is 17.0. The van der Waals surface area contributed by atoms with Crippen molar-refractivity contribution in [3.63, 3.8) is 0 Å². The van der Waals surface area contributed by atoms with Gasteiger partial charge in [0, 0.05) is 12.6 Å². The Bertz CT molecular complexity index is 589. The lowest BCUT2D eigenvalue weighted by molar-refractivity contribution is 0.242. The van der Waals surface area contributed by atoms with E-state index in [9.17, 15) is 0 Å². The molecular formula is C19H23NO. The molecule has 1 N–H and O–H groups in total. The highest BCUT2D eigenvalue weighted by Crippen LogP contribution is 2.30. The predicted octanol–water partition coefficient (Wildman–Crippen LogP) is 4.25. The molecule has 2 heteroatoms. The van der Waals surface area contributed by atoms with Crippen molar-refractivity contribution in [3.8, 4) is 5.75 Å². The van der Waals surface area contributed by atoms with Crippen molar-refractivity contribution in [2.75, 3.05) is 0 Å². The number of nitrogens with one attached hydrogen (secondary N) is 1. The van der Waals surface area contributed by atoms with Crippen LogP contribution in [0.15, 0.2) is 48.5 Å². The van der Waals surface area contributed by atoms with Gasteiger partial charge in [-0.2, -0.15) is 0 Å². The summed E-state index contributed by atoms with van der Waals surface area (Å²) < 4.78 is 5.67. The molecule has 0 aromatic heterocycles. The molecule has 0 amide bonds. The van der Waals surface area contributed by atoms with Gasteiger partial charge in [-0.25, -0.2) is 0 Å². The first kappa shape index (κ1) is 14.2. The highest BCUT2D eigenvalue weighted by Gasteiger charge is 2.20.